The number of phenolic OH excluding ortho intramolecular Hbond substituents is 1. The molecule has 0 radical (unpaired) electrons. The van der Waals surface area contributed by atoms with Crippen LogP contribution in [0.3, 0.4) is 0 Å². The normalized spacial score (nSPS) is 17.3. The summed E-state index contributed by atoms with van der Waals surface area (Å²) in [7, 11) is 0. The Morgan fingerprint density at radius 2 is 2.24 bits per heavy atom. The fraction of sp³-hybridized carbons (Fsp3) is 0.462. The Labute approximate surface area is 101 Å². The van der Waals surface area contributed by atoms with Crippen molar-refractivity contribution in [3.63, 3.8) is 0 Å². The quantitative estimate of drug-likeness (QED) is 0.742. The number of anilines is 1. The van der Waals surface area contributed by atoms with Crippen molar-refractivity contribution in [2.24, 2.45) is 11.8 Å². The molecular formula is C13H18N2O2. The Balaban J connectivity index is 1.99. The Hall–Kier alpha value is -1.55. The molecule has 4 nitrogen and oxygen atoms in total. The van der Waals surface area contributed by atoms with Gasteiger partial charge >= 0.3 is 0 Å². The van der Waals surface area contributed by atoms with Crippen molar-refractivity contribution in [2.75, 3.05) is 18.4 Å². The summed E-state index contributed by atoms with van der Waals surface area (Å²) in [6.45, 7) is 5.58. The largest absolute Gasteiger partial charge is 0.508 e. The molecule has 1 unspecified atom stereocenters. The topological polar surface area (TPSA) is 61.4 Å². The van der Waals surface area contributed by atoms with Crippen molar-refractivity contribution in [2.45, 2.75) is 13.8 Å². The van der Waals surface area contributed by atoms with Crippen molar-refractivity contribution in [3.8, 4) is 5.75 Å². The Bertz CT molecular complexity index is 427. The predicted molar refractivity (Wildman–Crippen MR) is 67.0 cm³/mol. The second kappa shape index (κ2) is 4.75. The lowest BCUT2D eigenvalue weighted by atomic mass is 9.88. The first kappa shape index (κ1) is 11.9. The van der Waals surface area contributed by atoms with Gasteiger partial charge in [-0.1, -0.05) is 13.0 Å². The zero-order valence-electron chi connectivity index (χ0n) is 10.2. The van der Waals surface area contributed by atoms with Crippen LogP contribution in [-0.4, -0.2) is 24.1 Å². The van der Waals surface area contributed by atoms with Crippen LogP contribution in [0.15, 0.2) is 18.2 Å². The minimum atomic E-state index is -0.000282. The highest BCUT2D eigenvalue weighted by Gasteiger charge is 2.28. The van der Waals surface area contributed by atoms with Gasteiger partial charge in [-0.3, -0.25) is 4.79 Å². The lowest BCUT2D eigenvalue weighted by Crippen LogP contribution is -2.48. The van der Waals surface area contributed by atoms with Gasteiger partial charge in [0.05, 0.1) is 0 Å². The number of rotatable bonds is 3. The summed E-state index contributed by atoms with van der Waals surface area (Å²) >= 11 is 0. The molecule has 1 aromatic rings. The number of phenols is 1. The second-order valence-electron chi connectivity index (χ2n) is 4.70. The molecule has 1 aliphatic rings. The van der Waals surface area contributed by atoms with E-state index in [-0.39, 0.29) is 17.6 Å². The maximum absolute atomic E-state index is 11.9. The summed E-state index contributed by atoms with van der Waals surface area (Å²) in [6.07, 6.45) is 0. The summed E-state index contributed by atoms with van der Waals surface area (Å²) in [4.78, 5) is 11.9. The van der Waals surface area contributed by atoms with E-state index in [0.717, 1.165) is 18.7 Å². The fourth-order valence-corrected chi connectivity index (χ4v) is 1.82. The minimum absolute atomic E-state index is 0.000282. The third kappa shape index (κ3) is 2.58. The molecular weight excluding hydrogens is 216 g/mol. The molecule has 1 aromatic carbocycles. The molecule has 0 bridgehead atoms. The van der Waals surface area contributed by atoms with E-state index in [0.29, 0.717) is 11.6 Å². The molecule has 3 N–H and O–H groups in total. The standard InChI is InChI=1S/C13H18N2O2/c1-8-3-4-11(5-12(8)16)15-13(17)9(2)10-6-14-7-10/h3-5,9-10,14,16H,6-7H2,1-2H3,(H,15,17). The lowest BCUT2D eigenvalue weighted by Gasteiger charge is -2.31. The molecule has 0 aliphatic carbocycles. The maximum atomic E-state index is 11.9. The molecule has 1 atom stereocenters. The predicted octanol–water partition coefficient (Wildman–Crippen LogP) is 1.49. The van der Waals surface area contributed by atoms with Crippen LogP contribution in [0.2, 0.25) is 0 Å². The zero-order valence-corrected chi connectivity index (χ0v) is 10.2. The fourth-order valence-electron chi connectivity index (χ4n) is 1.82. The van der Waals surface area contributed by atoms with Crippen LogP contribution in [-0.2, 0) is 4.79 Å². The minimum Gasteiger partial charge on any atom is -0.508 e. The lowest BCUT2D eigenvalue weighted by molar-refractivity contribution is -0.121. The zero-order chi connectivity index (χ0) is 12.4. The highest BCUT2D eigenvalue weighted by molar-refractivity contribution is 5.92. The number of carbonyl (C=O) groups is 1. The Kier molecular flexibility index (Phi) is 3.33. The highest BCUT2D eigenvalue weighted by atomic mass is 16.3. The van der Waals surface area contributed by atoms with Gasteiger partial charge in [-0.05, 0) is 37.6 Å². The highest BCUT2D eigenvalue weighted by Crippen LogP contribution is 2.23. The van der Waals surface area contributed by atoms with E-state index in [9.17, 15) is 9.90 Å². The van der Waals surface area contributed by atoms with Crippen LogP contribution < -0.4 is 10.6 Å². The molecule has 1 saturated heterocycles. The van der Waals surface area contributed by atoms with E-state index in [4.69, 9.17) is 0 Å². The number of hydrogen-bond acceptors (Lipinski definition) is 3. The van der Waals surface area contributed by atoms with E-state index in [1.165, 1.54) is 0 Å². The smallest absolute Gasteiger partial charge is 0.227 e. The number of aryl methyl sites for hydroxylation is 1. The maximum Gasteiger partial charge on any atom is 0.227 e. The van der Waals surface area contributed by atoms with Gasteiger partial charge in [0, 0.05) is 17.7 Å². The van der Waals surface area contributed by atoms with Gasteiger partial charge in [-0.25, -0.2) is 0 Å². The monoisotopic (exact) mass is 234 g/mol. The van der Waals surface area contributed by atoms with Gasteiger partial charge in [0.25, 0.3) is 0 Å². The van der Waals surface area contributed by atoms with E-state index < -0.39 is 0 Å². The number of nitrogens with one attached hydrogen (secondary N) is 2. The van der Waals surface area contributed by atoms with Crippen molar-refractivity contribution < 1.29 is 9.90 Å². The second-order valence-corrected chi connectivity index (χ2v) is 4.70. The molecule has 17 heavy (non-hydrogen) atoms. The van der Waals surface area contributed by atoms with Crippen LogP contribution >= 0.6 is 0 Å². The molecule has 92 valence electrons. The van der Waals surface area contributed by atoms with Crippen molar-refractivity contribution in [3.05, 3.63) is 23.8 Å². The van der Waals surface area contributed by atoms with Gasteiger partial charge in [0.2, 0.25) is 5.91 Å². The van der Waals surface area contributed by atoms with Gasteiger partial charge in [-0.2, -0.15) is 0 Å². The summed E-state index contributed by atoms with van der Waals surface area (Å²) < 4.78 is 0. The van der Waals surface area contributed by atoms with Crippen LogP contribution in [0.25, 0.3) is 0 Å². The van der Waals surface area contributed by atoms with Crippen LogP contribution in [0.1, 0.15) is 12.5 Å². The first-order chi connectivity index (χ1) is 8.08. The first-order valence-electron chi connectivity index (χ1n) is 5.89. The van der Waals surface area contributed by atoms with Crippen LogP contribution in [0.4, 0.5) is 5.69 Å². The Morgan fingerprint density at radius 3 is 2.76 bits per heavy atom. The van der Waals surface area contributed by atoms with Gasteiger partial charge < -0.3 is 15.7 Å². The van der Waals surface area contributed by atoms with E-state index in [1.54, 1.807) is 18.2 Å². The summed E-state index contributed by atoms with van der Waals surface area (Å²) in [6, 6.07) is 5.18. The summed E-state index contributed by atoms with van der Waals surface area (Å²) in [5.41, 5.74) is 1.46. The van der Waals surface area contributed by atoms with Crippen molar-refractivity contribution in [1.82, 2.24) is 5.32 Å². The molecule has 1 aliphatic heterocycles. The molecule has 0 aromatic heterocycles. The molecule has 0 saturated carbocycles. The molecule has 1 fully saturated rings. The molecule has 2 rings (SSSR count). The van der Waals surface area contributed by atoms with Crippen LogP contribution in [0, 0.1) is 18.8 Å². The molecule has 4 heteroatoms. The van der Waals surface area contributed by atoms with Gasteiger partial charge in [0.15, 0.2) is 0 Å². The number of aromatic hydroxyl groups is 1. The van der Waals surface area contributed by atoms with Crippen LogP contribution in [0.5, 0.6) is 5.75 Å². The average Bonchev–Trinajstić information content (AvgIpc) is 2.21. The SMILES string of the molecule is Cc1ccc(NC(=O)C(C)C2CNC2)cc1O. The average molecular weight is 234 g/mol. The molecule has 1 amide bonds. The number of hydrogen-bond donors (Lipinski definition) is 3. The van der Waals surface area contributed by atoms with E-state index in [2.05, 4.69) is 10.6 Å². The first-order valence-corrected chi connectivity index (χ1v) is 5.89. The van der Waals surface area contributed by atoms with Gasteiger partial charge in [0.1, 0.15) is 5.75 Å². The third-order valence-electron chi connectivity index (χ3n) is 3.41. The van der Waals surface area contributed by atoms with Gasteiger partial charge in [-0.15, -0.1) is 0 Å². The number of carbonyl (C=O) groups excluding carboxylic acids is 1. The molecule has 1 heterocycles. The van der Waals surface area contributed by atoms with E-state index >= 15 is 0 Å². The van der Waals surface area contributed by atoms with Crippen molar-refractivity contribution in [1.29, 1.82) is 0 Å². The van der Waals surface area contributed by atoms with Crippen molar-refractivity contribution >= 4 is 11.6 Å². The summed E-state index contributed by atoms with van der Waals surface area (Å²) in [5.74, 6) is 0.647. The Morgan fingerprint density at radius 1 is 1.53 bits per heavy atom. The third-order valence-corrected chi connectivity index (χ3v) is 3.41. The number of benzene rings is 1. The molecule has 0 spiro atoms. The van der Waals surface area contributed by atoms with E-state index in [1.807, 2.05) is 13.8 Å². The number of amides is 1. The summed E-state index contributed by atoms with van der Waals surface area (Å²) in [5, 5.41) is 15.5.